The summed E-state index contributed by atoms with van der Waals surface area (Å²) in [7, 11) is 0. The van der Waals surface area contributed by atoms with Gasteiger partial charge in [0, 0.05) is 42.3 Å². The molecule has 3 N–H and O–H groups in total. The normalized spacial score (nSPS) is 15.6. The highest BCUT2D eigenvalue weighted by Crippen LogP contribution is 2.26. The minimum Gasteiger partial charge on any atom is -0.327 e. The highest BCUT2D eigenvalue weighted by atomic mass is 16.2. The Morgan fingerprint density at radius 1 is 1.06 bits per heavy atom. The predicted molar refractivity (Wildman–Crippen MR) is 123 cm³/mol. The molecule has 3 aromatic rings. The van der Waals surface area contributed by atoms with Crippen molar-refractivity contribution in [2.75, 3.05) is 18.4 Å². The topological polar surface area (TPSA) is 102 Å². The number of carbonyl (C=O) groups excluding carboxylic acids is 1. The quantitative estimate of drug-likeness (QED) is 0.579. The molecular formula is C24H24N6O2. The molecule has 1 aromatic carbocycles. The van der Waals surface area contributed by atoms with Crippen molar-refractivity contribution in [1.29, 1.82) is 0 Å². The molecule has 0 saturated carbocycles. The van der Waals surface area contributed by atoms with Crippen LogP contribution < -0.4 is 16.3 Å². The average molecular weight is 428 g/mol. The highest BCUT2D eigenvalue weighted by Gasteiger charge is 2.22. The number of likely N-dealkylation sites (tertiary alicyclic amines) is 1. The van der Waals surface area contributed by atoms with Crippen LogP contribution in [0, 0.1) is 0 Å². The second kappa shape index (κ2) is 8.76. The lowest BCUT2D eigenvalue weighted by atomic mass is 9.95. The standard InChI is InChI=1S/C24H24N6O2/c31-22-6-5-20(14-26-22)28-24(32)23-21-10-17(3-4-18(21)13-27-29-23)19-9-16(11-25-12-19)15-30-7-1-2-8-30/h3-6,9-12,14,27H,1-2,7-8,13,15H2,(H,26,31)(H,28,32). The van der Waals surface area contributed by atoms with Crippen molar-refractivity contribution in [2.45, 2.75) is 25.9 Å². The number of hydrogen-bond acceptors (Lipinski definition) is 6. The van der Waals surface area contributed by atoms with Crippen molar-refractivity contribution in [2.24, 2.45) is 5.10 Å². The lowest BCUT2D eigenvalue weighted by Crippen LogP contribution is -2.31. The number of pyridine rings is 2. The second-order valence-corrected chi connectivity index (χ2v) is 8.13. The van der Waals surface area contributed by atoms with E-state index in [2.05, 4.69) is 42.8 Å². The Balaban J connectivity index is 1.41. The average Bonchev–Trinajstić information content (AvgIpc) is 3.33. The molecule has 8 nitrogen and oxygen atoms in total. The molecule has 0 aliphatic carbocycles. The number of hydrogen-bond donors (Lipinski definition) is 3. The number of fused-ring (bicyclic) bond motifs is 1. The third kappa shape index (κ3) is 4.31. The number of aromatic nitrogens is 2. The maximum Gasteiger partial charge on any atom is 0.276 e. The van der Waals surface area contributed by atoms with Crippen LogP contribution in [0.15, 0.2) is 64.9 Å². The van der Waals surface area contributed by atoms with Crippen LogP contribution in [0.3, 0.4) is 0 Å². The molecule has 5 rings (SSSR count). The number of nitrogens with one attached hydrogen (secondary N) is 3. The largest absolute Gasteiger partial charge is 0.327 e. The first-order valence-electron chi connectivity index (χ1n) is 10.8. The Bertz CT molecular complexity index is 1220. The van der Waals surface area contributed by atoms with E-state index in [4.69, 9.17) is 0 Å². The third-order valence-electron chi connectivity index (χ3n) is 5.82. The van der Waals surface area contributed by atoms with Crippen molar-refractivity contribution in [3.63, 3.8) is 0 Å². The van der Waals surface area contributed by atoms with Gasteiger partial charge in [0.25, 0.3) is 5.91 Å². The summed E-state index contributed by atoms with van der Waals surface area (Å²) in [5.41, 5.74) is 8.49. The SMILES string of the molecule is O=C(Nc1ccc(=O)[nH]c1)C1=NNCc2ccc(-c3cncc(CN4CCCC4)c3)cc21. The number of carbonyl (C=O) groups is 1. The molecule has 162 valence electrons. The Kier molecular flexibility index (Phi) is 5.51. The summed E-state index contributed by atoms with van der Waals surface area (Å²) in [4.78, 5) is 33.6. The molecule has 0 bridgehead atoms. The Hall–Kier alpha value is -3.78. The van der Waals surface area contributed by atoms with E-state index in [1.807, 2.05) is 24.5 Å². The zero-order chi connectivity index (χ0) is 21.9. The first-order valence-corrected chi connectivity index (χ1v) is 10.8. The molecule has 1 amide bonds. The van der Waals surface area contributed by atoms with Gasteiger partial charge < -0.3 is 15.7 Å². The number of amides is 1. The summed E-state index contributed by atoms with van der Waals surface area (Å²) in [5, 5.41) is 7.06. The third-order valence-corrected chi connectivity index (χ3v) is 5.82. The summed E-state index contributed by atoms with van der Waals surface area (Å²) in [6, 6.07) is 11.2. The molecule has 8 heteroatoms. The van der Waals surface area contributed by atoms with Gasteiger partial charge in [0.1, 0.15) is 0 Å². The summed E-state index contributed by atoms with van der Waals surface area (Å²) in [5.74, 6) is -0.344. The van der Waals surface area contributed by atoms with E-state index < -0.39 is 0 Å². The van der Waals surface area contributed by atoms with E-state index in [1.165, 1.54) is 30.7 Å². The number of aromatic amines is 1. The van der Waals surface area contributed by atoms with Crippen LogP contribution in [0.2, 0.25) is 0 Å². The van der Waals surface area contributed by atoms with Gasteiger partial charge in [-0.15, -0.1) is 0 Å². The van der Waals surface area contributed by atoms with Crippen LogP contribution in [-0.4, -0.2) is 39.6 Å². The molecule has 0 unspecified atom stereocenters. The fourth-order valence-corrected chi connectivity index (χ4v) is 4.18. The highest BCUT2D eigenvalue weighted by molar-refractivity contribution is 6.49. The van der Waals surface area contributed by atoms with Gasteiger partial charge in [-0.2, -0.15) is 5.10 Å². The van der Waals surface area contributed by atoms with Crippen molar-refractivity contribution < 1.29 is 4.79 Å². The molecular weight excluding hydrogens is 404 g/mol. The molecule has 1 fully saturated rings. The van der Waals surface area contributed by atoms with Crippen molar-refractivity contribution in [1.82, 2.24) is 20.3 Å². The number of anilines is 1. The fourth-order valence-electron chi connectivity index (χ4n) is 4.18. The minimum absolute atomic E-state index is 0.227. The number of benzene rings is 1. The van der Waals surface area contributed by atoms with Crippen LogP contribution in [0.25, 0.3) is 11.1 Å². The van der Waals surface area contributed by atoms with Crippen LogP contribution in [-0.2, 0) is 17.9 Å². The van der Waals surface area contributed by atoms with Gasteiger partial charge in [0.2, 0.25) is 5.56 Å². The summed E-state index contributed by atoms with van der Waals surface area (Å²) in [6.45, 7) is 3.74. The zero-order valence-corrected chi connectivity index (χ0v) is 17.6. The Morgan fingerprint density at radius 2 is 1.94 bits per heavy atom. The first-order chi connectivity index (χ1) is 15.7. The van der Waals surface area contributed by atoms with Gasteiger partial charge >= 0.3 is 0 Å². The van der Waals surface area contributed by atoms with E-state index >= 15 is 0 Å². The summed E-state index contributed by atoms with van der Waals surface area (Å²) >= 11 is 0. The Morgan fingerprint density at radius 3 is 2.75 bits per heavy atom. The van der Waals surface area contributed by atoms with Crippen molar-refractivity contribution in [3.8, 4) is 11.1 Å². The van der Waals surface area contributed by atoms with E-state index in [0.717, 1.165) is 41.9 Å². The summed E-state index contributed by atoms with van der Waals surface area (Å²) < 4.78 is 0. The molecule has 2 aliphatic rings. The van der Waals surface area contributed by atoms with E-state index in [-0.39, 0.29) is 11.5 Å². The van der Waals surface area contributed by atoms with Crippen molar-refractivity contribution in [3.05, 3.63) is 82.0 Å². The van der Waals surface area contributed by atoms with Gasteiger partial charge in [-0.3, -0.25) is 19.5 Å². The predicted octanol–water partition coefficient (Wildman–Crippen LogP) is 2.48. The van der Waals surface area contributed by atoms with Crippen LogP contribution in [0.1, 0.15) is 29.5 Å². The molecule has 2 aromatic heterocycles. The van der Waals surface area contributed by atoms with E-state index in [0.29, 0.717) is 17.9 Å². The van der Waals surface area contributed by atoms with Gasteiger partial charge in [-0.25, -0.2) is 0 Å². The maximum atomic E-state index is 12.9. The molecule has 4 heterocycles. The van der Waals surface area contributed by atoms with Crippen LogP contribution in [0.5, 0.6) is 0 Å². The first kappa shape index (κ1) is 20.1. The minimum atomic E-state index is -0.344. The second-order valence-electron chi connectivity index (χ2n) is 8.13. The smallest absolute Gasteiger partial charge is 0.276 e. The van der Waals surface area contributed by atoms with Gasteiger partial charge in [0.15, 0.2) is 5.71 Å². The van der Waals surface area contributed by atoms with Gasteiger partial charge in [-0.1, -0.05) is 12.1 Å². The van der Waals surface area contributed by atoms with Gasteiger partial charge in [0.05, 0.1) is 12.2 Å². The number of H-pyrrole nitrogens is 1. The molecule has 0 radical (unpaired) electrons. The summed E-state index contributed by atoms with van der Waals surface area (Å²) in [6.07, 6.45) is 7.76. The van der Waals surface area contributed by atoms with Crippen molar-refractivity contribution >= 4 is 17.3 Å². The number of hydrazone groups is 1. The lowest BCUT2D eigenvalue weighted by Gasteiger charge is -2.19. The van der Waals surface area contributed by atoms with Crippen LogP contribution >= 0.6 is 0 Å². The molecule has 0 atom stereocenters. The molecule has 32 heavy (non-hydrogen) atoms. The van der Waals surface area contributed by atoms with E-state index in [9.17, 15) is 9.59 Å². The number of nitrogens with zero attached hydrogens (tertiary/aromatic N) is 3. The van der Waals surface area contributed by atoms with Crippen LogP contribution in [0.4, 0.5) is 5.69 Å². The maximum absolute atomic E-state index is 12.9. The van der Waals surface area contributed by atoms with E-state index in [1.54, 1.807) is 6.07 Å². The molecule has 2 aliphatic heterocycles. The van der Waals surface area contributed by atoms with Gasteiger partial charge in [-0.05, 0) is 60.8 Å². The number of rotatable bonds is 5. The molecule has 1 saturated heterocycles. The fraction of sp³-hybridized carbons (Fsp3) is 0.250. The monoisotopic (exact) mass is 428 g/mol. The zero-order valence-electron chi connectivity index (χ0n) is 17.6. The lowest BCUT2D eigenvalue weighted by molar-refractivity contribution is -0.110. The Labute approximate surface area is 185 Å². The molecule has 0 spiro atoms.